The molecule has 0 bridgehead atoms. The lowest BCUT2D eigenvalue weighted by molar-refractivity contribution is 0.112. The third-order valence-corrected chi connectivity index (χ3v) is 10.6. The standard InChI is InChI=1S/C37H60N8O/c1-36(2,3)30-25-29(26-31(34(30)46)37(4,5)6)28-42-19-17-40(18-20-42)15-16-41-21-23-44(24-22-41)33-27-32(43-11-7-8-12-43)38-35(39-33)45-13-9-10-14-45/h25-27,46H,7-24,28H2,1-6H3. The summed E-state index contributed by atoms with van der Waals surface area (Å²) in [4.78, 5) is 25.4. The zero-order chi connectivity index (χ0) is 32.5. The molecular weight excluding hydrogens is 572 g/mol. The van der Waals surface area contributed by atoms with Crippen LogP contribution in [0.3, 0.4) is 0 Å². The van der Waals surface area contributed by atoms with Crippen LogP contribution in [0.1, 0.15) is 83.9 Å². The van der Waals surface area contributed by atoms with Crippen LogP contribution in [0.15, 0.2) is 18.2 Å². The summed E-state index contributed by atoms with van der Waals surface area (Å²) in [5.74, 6) is 3.66. The summed E-state index contributed by atoms with van der Waals surface area (Å²) < 4.78 is 0. The maximum Gasteiger partial charge on any atom is 0.229 e. The number of nitrogens with zero attached hydrogens (tertiary/aromatic N) is 8. The van der Waals surface area contributed by atoms with E-state index >= 15 is 0 Å². The van der Waals surface area contributed by atoms with Crippen LogP contribution in [0.5, 0.6) is 5.75 Å². The van der Waals surface area contributed by atoms with E-state index in [4.69, 9.17) is 9.97 Å². The lowest BCUT2D eigenvalue weighted by atomic mass is 9.78. The highest BCUT2D eigenvalue weighted by Crippen LogP contribution is 2.40. The van der Waals surface area contributed by atoms with Gasteiger partial charge in [0.15, 0.2) is 0 Å². The molecule has 0 atom stereocenters. The third kappa shape index (κ3) is 7.91. The van der Waals surface area contributed by atoms with Gasteiger partial charge in [0.05, 0.1) is 0 Å². The molecule has 0 radical (unpaired) electrons. The Kier molecular flexibility index (Phi) is 10.0. The highest BCUT2D eigenvalue weighted by Gasteiger charge is 2.28. The second-order valence-corrected chi connectivity index (χ2v) is 16.3. The Morgan fingerprint density at radius 2 is 0.957 bits per heavy atom. The van der Waals surface area contributed by atoms with E-state index in [-0.39, 0.29) is 10.8 Å². The molecule has 2 aromatic rings. The molecule has 0 unspecified atom stereocenters. The first-order valence-corrected chi connectivity index (χ1v) is 18.1. The Balaban J connectivity index is 0.988. The number of anilines is 3. The van der Waals surface area contributed by atoms with Gasteiger partial charge in [-0.3, -0.25) is 14.7 Å². The second kappa shape index (κ2) is 13.9. The van der Waals surface area contributed by atoms with Crippen molar-refractivity contribution < 1.29 is 5.11 Å². The molecule has 4 saturated heterocycles. The van der Waals surface area contributed by atoms with Gasteiger partial charge in [-0.1, -0.05) is 53.7 Å². The number of piperazine rings is 2. The van der Waals surface area contributed by atoms with Gasteiger partial charge in [-0.15, -0.1) is 0 Å². The average molecular weight is 633 g/mol. The zero-order valence-corrected chi connectivity index (χ0v) is 29.7. The Hall–Kier alpha value is -2.62. The summed E-state index contributed by atoms with van der Waals surface area (Å²) in [5, 5.41) is 11.1. The molecule has 0 aliphatic carbocycles. The monoisotopic (exact) mass is 632 g/mol. The largest absolute Gasteiger partial charge is 0.507 e. The maximum atomic E-state index is 11.1. The smallest absolute Gasteiger partial charge is 0.229 e. The van der Waals surface area contributed by atoms with Gasteiger partial charge in [0, 0.05) is 104 Å². The summed E-state index contributed by atoms with van der Waals surface area (Å²) in [6.45, 7) is 29.5. The Morgan fingerprint density at radius 3 is 1.43 bits per heavy atom. The fraction of sp³-hybridized carbons (Fsp3) is 0.730. The quantitative estimate of drug-likeness (QED) is 0.437. The van der Waals surface area contributed by atoms with E-state index in [1.807, 2.05) is 0 Å². The fourth-order valence-electron chi connectivity index (χ4n) is 7.58. The van der Waals surface area contributed by atoms with Crippen LogP contribution in [0, 0.1) is 0 Å². The number of hydrogen-bond donors (Lipinski definition) is 1. The summed E-state index contributed by atoms with van der Waals surface area (Å²) in [5.41, 5.74) is 3.26. The normalized spacial score (nSPS) is 21.1. The predicted octanol–water partition coefficient (Wildman–Crippen LogP) is 4.92. The molecule has 1 aromatic heterocycles. The van der Waals surface area contributed by atoms with Crippen LogP contribution in [0.2, 0.25) is 0 Å². The molecule has 0 spiro atoms. The van der Waals surface area contributed by atoms with E-state index in [0.717, 1.165) is 127 Å². The van der Waals surface area contributed by atoms with E-state index in [1.165, 1.54) is 31.2 Å². The fourth-order valence-corrected chi connectivity index (χ4v) is 7.58. The van der Waals surface area contributed by atoms with Crippen LogP contribution in [-0.2, 0) is 17.4 Å². The number of phenols is 1. The van der Waals surface area contributed by atoms with Crippen molar-refractivity contribution in [3.05, 3.63) is 34.9 Å². The topological polar surface area (TPSA) is 65.5 Å². The molecule has 5 heterocycles. The first-order chi connectivity index (χ1) is 21.9. The Labute approximate surface area is 278 Å². The van der Waals surface area contributed by atoms with Crippen molar-refractivity contribution in [2.75, 3.05) is 106 Å². The van der Waals surface area contributed by atoms with Crippen molar-refractivity contribution in [3.8, 4) is 5.75 Å². The molecule has 46 heavy (non-hydrogen) atoms. The summed E-state index contributed by atoms with van der Waals surface area (Å²) in [6.07, 6.45) is 5.02. The van der Waals surface area contributed by atoms with Crippen LogP contribution in [0.25, 0.3) is 0 Å². The second-order valence-electron chi connectivity index (χ2n) is 16.3. The molecule has 0 amide bonds. The minimum Gasteiger partial charge on any atom is -0.507 e. The lowest BCUT2D eigenvalue weighted by Gasteiger charge is -2.39. The molecule has 6 rings (SSSR count). The number of benzene rings is 1. The molecule has 4 fully saturated rings. The molecule has 1 aromatic carbocycles. The number of aromatic nitrogens is 2. The van der Waals surface area contributed by atoms with Crippen molar-refractivity contribution in [3.63, 3.8) is 0 Å². The van der Waals surface area contributed by atoms with Gasteiger partial charge in [0.25, 0.3) is 0 Å². The van der Waals surface area contributed by atoms with E-state index < -0.39 is 0 Å². The first-order valence-electron chi connectivity index (χ1n) is 18.1. The molecule has 254 valence electrons. The number of aromatic hydroxyl groups is 1. The molecule has 1 N–H and O–H groups in total. The lowest BCUT2D eigenvalue weighted by Crippen LogP contribution is -2.51. The van der Waals surface area contributed by atoms with Crippen LogP contribution in [-0.4, -0.2) is 121 Å². The average Bonchev–Trinajstić information content (AvgIpc) is 3.76. The van der Waals surface area contributed by atoms with Gasteiger partial charge in [0.2, 0.25) is 5.95 Å². The Morgan fingerprint density at radius 1 is 0.543 bits per heavy atom. The van der Waals surface area contributed by atoms with Crippen molar-refractivity contribution in [2.45, 2.75) is 84.6 Å². The Bertz CT molecular complexity index is 1240. The highest BCUT2D eigenvalue weighted by molar-refractivity contribution is 5.56. The number of hydrogen-bond acceptors (Lipinski definition) is 9. The molecule has 0 saturated carbocycles. The van der Waals surface area contributed by atoms with Crippen molar-refractivity contribution >= 4 is 17.6 Å². The summed E-state index contributed by atoms with van der Waals surface area (Å²) in [7, 11) is 0. The van der Waals surface area contributed by atoms with Crippen molar-refractivity contribution in [1.82, 2.24) is 24.7 Å². The predicted molar refractivity (Wildman–Crippen MR) is 191 cm³/mol. The summed E-state index contributed by atoms with van der Waals surface area (Å²) in [6, 6.07) is 6.75. The highest BCUT2D eigenvalue weighted by atomic mass is 16.3. The van der Waals surface area contributed by atoms with Gasteiger partial charge >= 0.3 is 0 Å². The van der Waals surface area contributed by atoms with Crippen molar-refractivity contribution in [1.29, 1.82) is 0 Å². The molecule has 4 aliphatic heterocycles. The van der Waals surface area contributed by atoms with Crippen LogP contribution in [0.4, 0.5) is 17.6 Å². The van der Waals surface area contributed by atoms with E-state index in [1.54, 1.807) is 0 Å². The number of rotatable bonds is 8. The minimum atomic E-state index is -0.0911. The van der Waals surface area contributed by atoms with Gasteiger partial charge in [-0.05, 0) is 53.2 Å². The van der Waals surface area contributed by atoms with E-state index in [2.05, 4.69) is 89.1 Å². The van der Waals surface area contributed by atoms with Gasteiger partial charge in [-0.2, -0.15) is 9.97 Å². The molecule has 9 heteroatoms. The molecule has 4 aliphatic rings. The molecule has 9 nitrogen and oxygen atoms in total. The number of phenolic OH excluding ortho intramolecular Hbond substituents is 1. The summed E-state index contributed by atoms with van der Waals surface area (Å²) >= 11 is 0. The minimum absolute atomic E-state index is 0.0911. The van der Waals surface area contributed by atoms with Crippen molar-refractivity contribution in [2.24, 2.45) is 0 Å². The maximum absolute atomic E-state index is 11.1. The van der Waals surface area contributed by atoms with Gasteiger partial charge in [0.1, 0.15) is 17.4 Å². The van der Waals surface area contributed by atoms with Crippen LogP contribution < -0.4 is 14.7 Å². The SMILES string of the molecule is CC(C)(C)c1cc(CN2CCN(CCN3CCN(c4cc(N5CCCC5)nc(N5CCCC5)n4)CC3)CC2)cc(C(C)(C)C)c1O. The van der Waals surface area contributed by atoms with E-state index in [9.17, 15) is 5.11 Å². The third-order valence-electron chi connectivity index (χ3n) is 10.6. The molecular formula is C37H60N8O. The van der Waals surface area contributed by atoms with Gasteiger partial charge < -0.3 is 19.8 Å². The van der Waals surface area contributed by atoms with Crippen LogP contribution >= 0.6 is 0 Å². The first kappa shape index (κ1) is 33.3. The van der Waals surface area contributed by atoms with Gasteiger partial charge in [-0.25, -0.2) is 0 Å². The zero-order valence-electron chi connectivity index (χ0n) is 29.7. The van der Waals surface area contributed by atoms with E-state index in [0.29, 0.717) is 5.75 Å².